The van der Waals surface area contributed by atoms with Crippen molar-refractivity contribution >= 4 is 8.96 Å². The van der Waals surface area contributed by atoms with E-state index < -0.39 is 8.96 Å². The Kier molecular flexibility index (Phi) is 11.1. The largest absolute Gasteiger partial charge is 0.328 e. The van der Waals surface area contributed by atoms with Crippen LogP contribution in [-0.4, -0.2) is 41.7 Å². The summed E-state index contributed by atoms with van der Waals surface area (Å²) < 4.78 is 2.24. The van der Waals surface area contributed by atoms with E-state index >= 15 is 0 Å². The van der Waals surface area contributed by atoms with E-state index in [-0.39, 0.29) is 0 Å². The van der Waals surface area contributed by atoms with Crippen molar-refractivity contribution < 1.29 is 0 Å². The second-order valence-electron chi connectivity index (χ2n) is 2.44. The lowest BCUT2D eigenvalue weighted by Crippen LogP contribution is -2.26. The van der Waals surface area contributed by atoms with E-state index in [1.165, 1.54) is 0 Å². The van der Waals surface area contributed by atoms with Gasteiger partial charge in [0.25, 0.3) is 0 Å². The van der Waals surface area contributed by atoms with Crippen LogP contribution in [0.2, 0.25) is 6.55 Å². The molecule has 0 aliphatic heterocycles. The van der Waals surface area contributed by atoms with Crippen molar-refractivity contribution in [2.24, 2.45) is 0 Å². The van der Waals surface area contributed by atoms with Crippen molar-refractivity contribution in [2.75, 3.05) is 28.2 Å². The molecule has 0 fully saturated rings. The molecule has 1 N–H and O–H groups in total. The van der Waals surface area contributed by atoms with Crippen LogP contribution in [0.4, 0.5) is 0 Å². The molecule has 0 radical (unpaired) electrons. The molecular weight excluding hydrogens is 140 g/mol. The molecule has 0 saturated carbocycles. The fourth-order valence-corrected chi connectivity index (χ4v) is 0.632. The summed E-state index contributed by atoms with van der Waals surface area (Å²) in [6.07, 6.45) is 0. The minimum atomic E-state index is -0.657. The zero-order valence-corrected chi connectivity index (χ0v) is 8.96. The Bertz CT molecular complexity index is 74.0. The molecule has 0 aromatic rings. The molecular formula is C7H20N2Si. The van der Waals surface area contributed by atoms with Gasteiger partial charge >= 0.3 is 0 Å². The number of nitrogens with zero attached hydrogens (tertiary/aromatic N) is 1. The van der Waals surface area contributed by atoms with E-state index in [9.17, 15) is 0 Å². The van der Waals surface area contributed by atoms with Crippen LogP contribution in [0.5, 0.6) is 0 Å². The van der Waals surface area contributed by atoms with Crippen molar-refractivity contribution in [1.29, 1.82) is 0 Å². The quantitative estimate of drug-likeness (QED) is 0.591. The van der Waals surface area contributed by atoms with Crippen LogP contribution in [0.25, 0.3) is 0 Å². The highest BCUT2D eigenvalue weighted by atomic mass is 28.3. The van der Waals surface area contributed by atoms with Gasteiger partial charge in [-0.1, -0.05) is 12.2 Å². The molecule has 0 saturated heterocycles. The zero-order chi connectivity index (χ0) is 8.57. The molecule has 0 aliphatic rings. The predicted octanol–water partition coefficient (Wildman–Crippen LogP) is 0.462. The van der Waals surface area contributed by atoms with Gasteiger partial charge in [0.2, 0.25) is 0 Å². The normalized spacial score (nSPS) is 11.8. The molecule has 0 heterocycles. The number of nitrogens with one attached hydrogen (secondary N) is 1. The minimum Gasteiger partial charge on any atom is -0.328 e. The third-order valence-corrected chi connectivity index (χ3v) is 3.47. The lowest BCUT2D eigenvalue weighted by Gasteiger charge is -2.12. The minimum absolute atomic E-state index is 0.657. The monoisotopic (exact) mass is 160 g/mol. The van der Waals surface area contributed by atoms with Crippen LogP contribution in [0.15, 0.2) is 12.3 Å². The smallest absolute Gasteiger partial charge is 0.132 e. The lowest BCUT2D eigenvalue weighted by molar-refractivity contribution is 0.652. The highest BCUT2D eigenvalue weighted by Crippen LogP contribution is 1.83. The van der Waals surface area contributed by atoms with E-state index in [0.717, 1.165) is 0 Å². The second kappa shape index (κ2) is 8.88. The maximum absolute atomic E-state index is 3.70. The third-order valence-electron chi connectivity index (χ3n) is 1.16. The molecule has 0 spiro atoms. The van der Waals surface area contributed by atoms with Gasteiger partial charge in [-0.25, -0.2) is 0 Å². The molecule has 0 aliphatic carbocycles. The van der Waals surface area contributed by atoms with Crippen molar-refractivity contribution in [3.05, 3.63) is 12.3 Å². The summed E-state index contributed by atoms with van der Waals surface area (Å²) in [5.41, 5.74) is 2.06. The van der Waals surface area contributed by atoms with Gasteiger partial charge in [0.15, 0.2) is 0 Å². The Morgan fingerprint density at radius 1 is 1.40 bits per heavy atom. The Balaban J connectivity index is 0. The molecule has 62 valence electrons. The fraction of sp³-hybridized carbons (Fsp3) is 0.714. The maximum atomic E-state index is 3.70. The molecule has 1 unspecified atom stereocenters. The van der Waals surface area contributed by atoms with E-state index in [2.05, 4.69) is 42.8 Å². The van der Waals surface area contributed by atoms with Crippen LogP contribution in [0.3, 0.4) is 0 Å². The van der Waals surface area contributed by atoms with Gasteiger partial charge < -0.3 is 9.88 Å². The topological polar surface area (TPSA) is 15.3 Å². The molecule has 1 atom stereocenters. The highest BCUT2D eigenvalue weighted by Gasteiger charge is 1.96. The Labute approximate surface area is 66.6 Å². The van der Waals surface area contributed by atoms with Crippen LogP contribution in [-0.2, 0) is 0 Å². The summed E-state index contributed by atoms with van der Waals surface area (Å²) >= 11 is 0. The first kappa shape index (κ1) is 12.5. The molecule has 2 nitrogen and oxygen atoms in total. The van der Waals surface area contributed by atoms with Gasteiger partial charge in [-0.15, -0.1) is 6.58 Å². The zero-order valence-electron chi connectivity index (χ0n) is 7.81. The van der Waals surface area contributed by atoms with Crippen molar-refractivity contribution in [3.8, 4) is 0 Å². The summed E-state index contributed by atoms with van der Waals surface area (Å²) in [4.78, 5) is 0. The molecule has 0 aromatic carbocycles. The van der Waals surface area contributed by atoms with Gasteiger partial charge in [0.1, 0.15) is 8.96 Å². The van der Waals surface area contributed by atoms with Crippen LogP contribution >= 0.6 is 0 Å². The average molecular weight is 160 g/mol. The van der Waals surface area contributed by atoms with Crippen molar-refractivity contribution in [3.63, 3.8) is 0 Å². The first-order valence-electron chi connectivity index (χ1n) is 3.47. The standard InChI is InChI=1S/C5H13NSi.C2H7N/c1-5-7(4)6(2)3;1-3-2/h5,7H,1H2,2-4H3;3H,1-2H3. The molecule has 0 rings (SSSR count). The van der Waals surface area contributed by atoms with Gasteiger partial charge in [-0.05, 0) is 28.2 Å². The van der Waals surface area contributed by atoms with Crippen LogP contribution in [0, 0.1) is 0 Å². The van der Waals surface area contributed by atoms with Crippen LogP contribution in [0.1, 0.15) is 0 Å². The van der Waals surface area contributed by atoms with Crippen LogP contribution < -0.4 is 5.32 Å². The first-order valence-corrected chi connectivity index (χ1v) is 5.81. The Morgan fingerprint density at radius 3 is 1.70 bits per heavy atom. The van der Waals surface area contributed by atoms with E-state index in [4.69, 9.17) is 0 Å². The van der Waals surface area contributed by atoms with E-state index in [1.54, 1.807) is 0 Å². The summed E-state index contributed by atoms with van der Waals surface area (Å²) in [6.45, 7) is 5.94. The van der Waals surface area contributed by atoms with E-state index in [1.807, 2.05) is 14.1 Å². The number of hydrogen-bond donors (Lipinski definition) is 1. The molecule has 0 bridgehead atoms. The molecule has 0 amide bonds. The maximum Gasteiger partial charge on any atom is 0.132 e. The summed E-state index contributed by atoms with van der Waals surface area (Å²) in [5, 5.41) is 2.75. The molecule has 10 heavy (non-hydrogen) atoms. The SMILES string of the molecule is C=C[SiH](C)N(C)C.CNC. The Hall–Kier alpha value is -0.123. The molecule has 0 aromatic heterocycles. The first-order chi connectivity index (χ1) is 4.59. The van der Waals surface area contributed by atoms with Crippen molar-refractivity contribution in [1.82, 2.24) is 9.88 Å². The lowest BCUT2D eigenvalue weighted by atomic mass is 11.2. The van der Waals surface area contributed by atoms with E-state index in [0.29, 0.717) is 0 Å². The fourth-order valence-electron chi connectivity index (χ4n) is 0.211. The third kappa shape index (κ3) is 10.8. The Morgan fingerprint density at radius 2 is 1.70 bits per heavy atom. The summed E-state index contributed by atoms with van der Waals surface area (Å²) in [6, 6.07) is 0. The van der Waals surface area contributed by atoms with Gasteiger partial charge in [-0.3, -0.25) is 0 Å². The number of hydrogen-bond acceptors (Lipinski definition) is 2. The second-order valence-corrected chi connectivity index (χ2v) is 5.43. The summed E-state index contributed by atoms with van der Waals surface area (Å²) in [5.74, 6) is 0. The predicted molar refractivity (Wildman–Crippen MR) is 51.9 cm³/mol. The van der Waals surface area contributed by atoms with Gasteiger partial charge in [-0.2, -0.15) is 0 Å². The highest BCUT2D eigenvalue weighted by molar-refractivity contribution is 6.59. The summed E-state index contributed by atoms with van der Waals surface area (Å²) in [7, 11) is 7.28. The van der Waals surface area contributed by atoms with Gasteiger partial charge in [0, 0.05) is 0 Å². The number of rotatable bonds is 2. The van der Waals surface area contributed by atoms with Gasteiger partial charge in [0.05, 0.1) is 0 Å². The average Bonchev–Trinajstić information content (AvgIpc) is 1.88. The molecule has 3 heteroatoms. The van der Waals surface area contributed by atoms with Crippen molar-refractivity contribution in [2.45, 2.75) is 6.55 Å².